The molecule has 0 radical (unpaired) electrons. The van der Waals surface area contributed by atoms with Gasteiger partial charge in [0.15, 0.2) is 6.10 Å². The van der Waals surface area contributed by atoms with E-state index in [9.17, 15) is 9.59 Å². The first-order valence-corrected chi connectivity index (χ1v) is 28.5. The van der Waals surface area contributed by atoms with Gasteiger partial charge in [-0.05, 0) is 103 Å². The molecule has 1 atom stereocenters. The Hall–Kier alpha value is -2.66. The van der Waals surface area contributed by atoms with E-state index in [-0.39, 0.29) is 25.2 Å². The van der Waals surface area contributed by atoms with E-state index in [1.54, 1.807) is 0 Å². The van der Waals surface area contributed by atoms with Gasteiger partial charge in [0, 0.05) is 19.4 Å². The number of hydrogen-bond donors (Lipinski definition) is 0. The lowest BCUT2D eigenvalue weighted by atomic mass is 10.1. The molecule has 0 bridgehead atoms. The molecule has 0 fully saturated rings. The molecule has 1 unspecified atom stereocenters. The highest BCUT2D eigenvalue weighted by molar-refractivity contribution is 5.70. The van der Waals surface area contributed by atoms with Gasteiger partial charge in [-0.3, -0.25) is 9.59 Å². The van der Waals surface area contributed by atoms with Crippen LogP contribution in [0.2, 0.25) is 0 Å². The zero-order valence-corrected chi connectivity index (χ0v) is 44.0. The molecular weight excluding hydrogens is 813 g/mol. The van der Waals surface area contributed by atoms with Crippen LogP contribution in [0.15, 0.2) is 72.9 Å². The molecule has 0 aromatic rings. The van der Waals surface area contributed by atoms with Crippen molar-refractivity contribution >= 4 is 11.9 Å². The second-order valence-electron chi connectivity index (χ2n) is 18.8. The molecule has 5 heteroatoms. The van der Waals surface area contributed by atoms with Gasteiger partial charge in [0.25, 0.3) is 0 Å². The summed E-state index contributed by atoms with van der Waals surface area (Å²) in [4.78, 5) is 25.5. The van der Waals surface area contributed by atoms with Gasteiger partial charge in [-0.1, -0.05) is 235 Å². The van der Waals surface area contributed by atoms with Crippen LogP contribution in [0.3, 0.4) is 0 Å². The second kappa shape index (κ2) is 56.7. The van der Waals surface area contributed by atoms with Crippen LogP contribution in [-0.4, -0.2) is 37.9 Å². The number of carbonyl (C=O) groups excluding carboxylic acids is 2. The van der Waals surface area contributed by atoms with Crippen molar-refractivity contribution in [1.29, 1.82) is 0 Å². The first-order valence-electron chi connectivity index (χ1n) is 28.5. The lowest BCUT2D eigenvalue weighted by Gasteiger charge is -2.18. The van der Waals surface area contributed by atoms with E-state index >= 15 is 0 Å². The Morgan fingerprint density at radius 3 is 1.17 bits per heavy atom. The van der Waals surface area contributed by atoms with Gasteiger partial charge in [0.05, 0.1) is 6.61 Å². The van der Waals surface area contributed by atoms with Gasteiger partial charge >= 0.3 is 11.9 Å². The molecular formula is C61H108O5. The van der Waals surface area contributed by atoms with Gasteiger partial charge < -0.3 is 14.2 Å². The molecule has 0 aliphatic carbocycles. The lowest BCUT2D eigenvalue weighted by Crippen LogP contribution is -2.30. The summed E-state index contributed by atoms with van der Waals surface area (Å²) in [5, 5.41) is 0. The van der Waals surface area contributed by atoms with Crippen molar-refractivity contribution in [1.82, 2.24) is 0 Å². The van der Waals surface area contributed by atoms with Crippen molar-refractivity contribution < 1.29 is 23.8 Å². The molecule has 0 spiro atoms. The van der Waals surface area contributed by atoms with E-state index in [2.05, 4.69) is 93.7 Å². The first-order chi connectivity index (χ1) is 32.6. The minimum Gasteiger partial charge on any atom is -0.462 e. The smallest absolute Gasteiger partial charge is 0.306 e. The summed E-state index contributed by atoms with van der Waals surface area (Å²) in [6, 6.07) is 0. The molecule has 0 aromatic heterocycles. The maximum absolute atomic E-state index is 12.8. The number of esters is 2. The number of hydrogen-bond acceptors (Lipinski definition) is 5. The second-order valence-corrected chi connectivity index (χ2v) is 18.8. The predicted octanol–water partition coefficient (Wildman–Crippen LogP) is 19.5. The van der Waals surface area contributed by atoms with E-state index in [0.717, 1.165) is 77.0 Å². The highest BCUT2D eigenvalue weighted by Crippen LogP contribution is 2.15. The summed E-state index contributed by atoms with van der Waals surface area (Å²) in [5.41, 5.74) is 0. The molecule has 0 N–H and O–H groups in total. The average Bonchev–Trinajstić information content (AvgIpc) is 3.32. The summed E-state index contributed by atoms with van der Waals surface area (Å²) in [5.74, 6) is -0.413. The van der Waals surface area contributed by atoms with E-state index in [1.807, 2.05) is 0 Å². The van der Waals surface area contributed by atoms with Crippen LogP contribution in [0.25, 0.3) is 0 Å². The fraction of sp³-hybridized carbons (Fsp3) is 0.770. The zero-order valence-electron chi connectivity index (χ0n) is 44.0. The quantitative estimate of drug-likeness (QED) is 0.0346. The van der Waals surface area contributed by atoms with Gasteiger partial charge in [0.2, 0.25) is 0 Å². The molecule has 0 saturated carbocycles. The highest BCUT2D eigenvalue weighted by Gasteiger charge is 2.17. The molecule has 0 aromatic carbocycles. The van der Waals surface area contributed by atoms with Crippen LogP contribution in [0.4, 0.5) is 0 Å². The number of rotatable bonds is 52. The van der Waals surface area contributed by atoms with E-state index in [0.29, 0.717) is 19.4 Å². The van der Waals surface area contributed by atoms with Gasteiger partial charge in [-0.2, -0.15) is 0 Å². The maximum Gasteiger partial charge on any atom is 0.306 e. The molecule has 0 aliphatic heterocycles. The van der Waals surface area contributed by atoms with Crippen LogP contribution >= 0.6 is 0 Å². The molecule has 0 rings (SSSR count). The molecule has 66 heavy (non-hydrogen) atoms. The van der Waals surface area contributed by atoms with Crippen LogP contribution in [-0.2, 0) is 23.8 Å². The minimum absolute atomic E-state index is 0.0746. The van der Waals surface area contributed by atoms with E-state index in [4.69, 9.17) is 14.2 Å². The third-order valence-electron chi connectivity index (χ3n) is 12.2. The molecule has 382 valence electrons. The summed E-state index contributed by atoms with van der Waals surface area (Å²) < 4.78 is 17.5. The van der Waals surface area contributed by atoms with Crippen molar-refractivity contribution in [2.45, 2.75) is 284 Å². The Labute approximate surface area is 410 Å². The molecule has 0 heterocycles. The van der Waals surface area contributed by atoms with E-state index < -0.39 is 6.10 Å². The highest BCUT2D eigenvalue weighted by atomic mass is 16.6. The van der Waals surface area contributed by atoms with Gasteiger partial charge in [-0.15, -0.1) is 0 Å². The largest absolute Gasteiger partial charge is 0.462 e. The summed E-state index contributed by atoms with van der Waals surface area (Å²) in [6.45, 7) is 7.65. The Morgan fingerprint density at radius 1 is 0.348 bits per heavy atom. The normalized spacial score (nSPS) is 12.7. The minimum atomic E-state index is -0.550. The molecule has 0 saturated heterocycles. The standard InChI is InChI=1S/C61H108O5/c1-4-7-10-13-16-19-22-25-27-29-31-32-34-37-39-42-45-48-51-54-60(62)65-58-59(66-61(63)55-52-49-46-43-40-36-24-21-18-15-12-9-6-3)57-64-56-53-50-47-44-41-38-35-33-30-28-26-23-20-17-14-11-8-5-2/h8,11-12,15,17,20-21,24-28,59H,4-7,9-10,13-14,16,18-19,22-23,29-58H2,1-3H3/b11-8-,15-12-,20-17-,24-21-,27-25-,28-26-. The lowest BCUT2D eigenvalue weighted by molar-refractivity contribution is -0.163. The third-order valence-corrected chi connectivity index (χ3v) is 12.2. The van der Waals surface area contributed by atoms with Crippen LogP contribution in [0.1, 0.15) is 278 Å². The molecule has 0 aliphatic rings. The predicted molar refractivity (Wildman–Crippen MR) is 288 cm³/mol. The first kappa shape index (κ1) is 63.3. The molecule has 5 nitrogen and oxygen atoms in total. The van der Waals surface area contributed by atoms with Crippen LogP contribution in [0, 0.1) is 0 Å². The Morgan fingerprint density at radius 2 is 0.712 bits per heavy atom. The topological polar surface area (TPSA) is 61.8 Å². The van der Waals surface area contributed by atoms with Crippen molar-refractivity contribution in [2.24, 2.45) is 0 Å². The molecule has 0 amide bonds. The summed E-state index contributed by atoms with van der Waals surface area (Å²) in [7, 11) is 0. The zero-order chi connectivity index (χ0) is 47.7. The van der Waals surface area contributed by atoms with Gasteiger partial charge in [0.1, 0.15) is 6.61 Å². The van der Waals surface area contributed by atoms with Crippen molar-refractivity contribution in [3.8, 4) is 0 Å². The summed E-state index contributed by atoms with van der Waals surface area (Å²) in [6.07, 6.45) is 73.5. The number of unbranched alkanes of at least 4 members (excludes halogenated alkanes) is 29. The van der Waals surface area contributed by atoms with Crippen LogP contribution in [0.5, 0.6) is 0 Å². The SMILES string of the molecule is CC/C=C\C/C=C\C/C=C\CCCCCCCCCCOCC(COC(=O)CCCCCCCCCCC/C=C\CCCCCCCC)OC(=O)CCCCCCC/C=C\C/C=C\CCC. The maximum atomic E-state index is 12.8. The Balaban J connectivity index is 4.26. The fourth-order valence-corrected chi connectivity index (χ4v) is 7.97. The Kier molecular flexibility index (Phi) is 54.4. The van der Waals surface area contributed by atoms with Crippen molar-refractivity contribution in [3.05, 3.63) is 72.9 Å². The van der Waals surface area contributed by atoms with Crippen molar-refractivity contribution in [3.63, 3.8) is 0 Å². The number of carbonyl (C=O) groups is 2. The monoisotopic (exact) mass is 921 g/mol. The van der Waals surface area contributed by atoms with E-state index in [1.165, 1.54) is 167 Å². The van der Waals surface area contributed by atoms with Gasteiger partial charge in [-0.25, -0.2) is 0 Å². The Bertz CT molecular complexity index is 1180. The fourth-order valence-electron chi connectivity index (χ4n) is 7.97. The van der Waals surface area contributed by atoms with Crippen LogP contribution < -0.4 is 0 Å². The third kappa shape index (κ3) is 54.0. The number of allylic oxidation sites excluding steroid dienone is 12. The number of ether oxygens (including phenoxy) is 3. The summed E-state index contributed by atoms with van der Waals surface area (Å²) >= 11 is 0. The average molecular weight is 922 g/mol. The van der Waals surface area contributed by atoms with Crippen molar-refractivity contribution in [2.75, 3.05) is 19.8 Å².